The standard InChI is InChI=1S/C7H9N5O/c1-4-9-7(12-11-4)10-6-3-8-5(2)13-6/h3H,1-2H3,(H2,9,10,11,12). The van der Waals surface area contributed by atoms with Crippen molar-refractivity contribution in [2.45, 2.75) is 13.8 Å². The zero-order valence-electron chi connectivity index (χ0n) is 7.33. The topological polar surface area (TPSA) is 79.6 Å². The predicted molar refractivity (Wildman–Crippen MR) is 45.6 cm³/mol. The van der Waals surface area contributed by atoms with E-state index in [9.17, 15) is 0 Å². The SMILES string of the molecule is Cc1nnc(Nc2cnc(C)o2)[nH]1. The van der Waals surface area contributed by atoms with E-state index in [1.165, 1.54) is 0 Å². The summed E-state index contributed by atoms with van der Waals surface area (Å²) in [5.74, 6) is 2.46. The van der Waals surface area contributed by atoms with Crippen LogP contribution in [-0.2, 0) is 0 Å². The van der Waals surface area contributed by atoms with Crippen molar-refractivity contribution in [3.05, 3.63) is 17.9 Å². The highest BCUT2D eigenvalue weighted by molar-refractivity contribution is 5.42. The maximum absolute atomic E-state index is 5.19. The van der Waals surface area contributed by atoms with E-state index in [4.69, 9.17) is 4.42 Å². The van der Waals surface area contributed by atoms with Crippen LogP contribution in [0.15, 0.2) is 10.6 Å². The van der Waals surface area contributed by atoms with Gasteiger partial charge in [-0.15, -0.1) is 10.2 Å². The molecule has 0 saturated carbocycles. The van der Waals surface area contributed by atoms with Gasteiger partial charge in [0.15, 0.2) is 5.89 Å². The van der Waals surface area contributed by atoms with Gasteiger partial charge in [-0.2, -0.15) is 0 Å². The molecular weight excluding hydrogens is 170 g/mol. The molecule has 2 N–H and O–H groups in total. The first-order valence-corrected chi connectivity index (χ1v) is 3.83. The maximum Gasteiger partial charge on any atom is 0.228 e. The molecule has 0 amide bonds. The summed E-state index contributed by atoms with van der Waals surface area (Å²) >= 11 is 0. The maximum atomic E-state index is 5.19. The van der Waals surface area contributed by atoms with Crippen LogP contribution < -0.4 is 5.32 Å². The second-order valence-corrected chi connectivity index (χ2v) is 2.63. The predicted octanol–water partition coefficient (Wildman–Crippen LogP) is 1.15. The molecule has 6 nitrogen and oxygen atoms in total. The second-order valence-electron chi connectivity index (χ2n) is 2.63. The minimum atomic E-state index is 0.550. The van der Waals surface area contributed by atoms with Crippen molar-refractivity contribution in [2.75, 3.05) is 5.32 Å². The van der Waals surface area contributed by atoms with Gasteiger partial charge in [-0.05, 0) is 6.92 Å². The third-order valence-electron chi connectivity index (χ3n) is 1.46. The van der Waals surface area contributed by atoms with Crippen LogP contribution in [0.4, 0.5) is 11.8 Å². The molecule has 0 aliphatic rings. The molecule has 0 spiro atoms. The molecule has 2 heterocycles. The first-order chi connectivity index (χ1) is 6.24. The summed E-state index contributed by atoms with van der Waals surface area (Å²) in [7, 11) is 0. The van der Waals surface area contributed by atoms with Gasteiger partial charge in [-0.25, -0.2) is 4.98 Å². The zero-order valence-corrected chi connectivity index (χ0v) is 7.33. The van der Waals surface area contributed by atoms with Crippen LogP contribution in [0.3, 0.4) is 0 Å². The van der Waals surface area contributed by atoms with Crippen molar-refractivity contribution in [3.8, 4) is 0 Å². The van der Waals surface area contributed by atoms with Crippen molar-refractivity contribution in [3.63, 3.8) is 0 Å². The molecule has 0 unspecified atom stereocenters. The average Bonchev–Trinajstić information content (AvgIpc) is 2.62. The highest BCUT2D eigenvalue weighted by Crippen LogP contribution is 2.12. The number of H-pyrrole nitrogens is 1. The lowest BCUT2D eigenvalue weighted by Crippen LogP contribution is -1.90. The molecule has 0 aromatic carbocycles. The Kier molecular flexibility index (Phi) is 1.73. The Labute approximate surface area is 74.4 Å². The largest absolute Gasteiger partial charge is 0.425 e. The number of aromatic amines is 1. The lowest BCUT2D eigenvalue weighted by molar-refractivity contribution is 0.536. The molecule has 0 saturated heterocycles. The smallest absolute Gasteiger partial charge is 0.228 e. The summed E-state index contributed by atoms with van der Waals surface area (Å²) in [6.07, 6.45) is 1.59. The second kappa shape index (κ2) is 2.89. The van der Waals surface area contributed by atoms with Crippen molar-refractivity contribution in [1.29, 1.82) is 0 Å². The fourth-order valence-electron chi connectivity index (χ4n) is 0.938. The highest BCUT2D eigenvalue weighted by atomic mass is 16.4. The fraction of sp³-hybridized carbons (Fsp3) is 0.286. The monoisotopic (exact) mass is 179 g/mol. The van der Waals surface area contributed by atoms with Crippen LogP contribution in [0.1, 0.15) is 11.7 Å². The molecule has 0 bridgehead atoms. The molecule has 0 aliphatic heterocycles. The number of aryl methyl sites for hydroxylation is 2. The number of hydrogen-bond acceptors (Lipinski definition) is 5. The summed E-state index contributed by atoms with van der Waals surface area (Å²) in [5, 5.41) is 10.5. The van der Waals surface area contributed by atoms with E-state index < -0.39 is 0 Å². The first kappa shape index (κ1) is 7.78. The third kappa shape index (κ3) is 1.66. The number of hydrogen-bond donors (Lipinski definition) is 2. The Morgan fingerprint density at radius 1 is 1.38 bits per heavy atom. The number of nitrogens with zero attached hydrogens (tertiary/aromatic N) is 3. The number of nitrogens with one attached hydrogen (secondary N) is 2. The van der Waals surface area contributed by atoms with Crippen molar-refractivity contribution >= 4 is 11.8 Å². The Morgan fingerprint density at radius 2 is 2.23 bits per heavy atom. The van der Waals surface area contributed by atoms with Gasteiger partial charge in [-0.1, -0.05) is 0 Å². The first-order valence-electron chi connectivity index (χ1n) is 3.83. The summed E-state index contributed by atoms with van der Waals surface area (Å²) in [6, 6.07) is 0. The summed E-state index contributed by atoms with van der Waals surface area (Å²) in [5.41, 5.74) is 0. The van der Waals surface area contributed by atoms with Gasteiger partial charge >= 0.3 is 0 Å². The molecule has 0 radical (unpaired) electrons. The van der Waals surface area contributed by atoms with E-state index in [1.807, 2.05) is 6.92 Å². The quantitative estimate of drug-likeness (QED) is 0.722. The summed E-state index contributed by atoms with van der Waals surface area (Å²) in [4.78, 5) is 6.84. The number of rotatable bonds is 2. The Hall–Kier alpha value is -1.85. The van der Waals surface area contributed by atoms with Crippen LogP contribution in [0.5, 0.6) is 0 Å². The van der Waals surface area contributed by atoms with Crippen molar-refractivity contribution < 1.29 is 4.42 Å². The minimum absolute atomic E-state index is 0.550. The molecule has 68 valence electrons. The molecular formula is C7H9N5O. The van der Waals surface area contributed by atoms with E-state index in [0.29, 0.717) is 17.7 Å². The van der Waals surface area contributed by atoms with Crippen molar-refractivity contribution in [2.24, 2.45) is 0 Å². The Morgan fingerprint density at radius 3 is 2.77 bits per heavy atom. The third-order valence-corrected chi connectivity index (χ3v) is 1.46. The van der Waals surface area contributed by atoms with Gasteiger partial charge in [-0.3, -0.25) is 5.32 Å². The zero-order chi connectivity index (χ0) is 9.26. The molecule has 13 heavy (non-hydrogen) atoms. The normalized spacial score (nSPS) is 10.3. The van der Waals surface area contributed by atoms with Gasteiger partial charge in [0.25, 0.3) is 0 Å². The molecule has 0 fully saturated rings. The van der Waals surface area contributed by atoms with Gasteiger partial charge in [0, 0.05) is 6.92 Å². The van der Waals surface area contributed by atoms with Crippen LogP contribution in [0.2, 0.25) is 0 Å². The van der Waals surface area contributed by atoms with Crippen LogP contribution in [0, 0.1) is 13.8 Å². The molecule has 6 heteroatoms. The highest BCUT2D eigenvalue weighted by Gasteiger charge is 2.02. The Bertz CT molecular complexity index is 366. The van der Waals surface area contributed by atoms with Gasteiger partial charge < -0.3 is 9.40 Å². The Balaban J connectivity index is 2.14. The van der Waals surface area contributed by atoms with E-state index in [2.05, 4.69) is 25.5 Å². The minimum Gasteiger partial charge on any atom is -0.425 e. The number of aromatic nitrogens is 4. The summed E-state index contributed by atoms with van der Waals surface area (Å²) < 4.78 is 5.19. The lowest BCUT2D eigenvalue weighted by Gasteiger charge is -1.93. The lowest BCUT2D eigenvalue weighted by atomic mass is 10.7. The van der Waals surface area contributed by atoms with Gasteiger partial charge in [0.2, 0.25) is 11.8 Å². The van der Waals surface area contributed by atoms with Crippen molar-refractivity contribution in [1.82, 2.24) is 20.2 Å². The van der Waals surface area contributed by atoms with Crippen LogP contribution in [0.25, 0.3) is 0 Å². The molecule has 2 aromatic rings. The number of oxazole rings is 1. The van der Waals surface area contributed by atoms with Crippen LogP contribution in [-0.4, -0.2) is 20.2 Å². The van der Waals surface area contributed by atoms with Gasteiger partial charge in [0.1, 0.15) is 5.82 Å². The van der Waals surface area contributed by atoms with E-state index in [1.54, 1.807) is 13.1 Å². The fourth-order valence-corrected chi connectivity index (χ4v) is 0.938. The van der Waals surface area contributed by atoms with E-state index in [0.717, 1.165) is 5.82 Å². The molecule has 0 atom stereocenters. The number of anilines is 2. The molecule has 2 rings (SSSR count). The summed E-state index contributed by atoms with van der Waals surface area (Å²) in [6.45, 7) is 3.60. The van der Waals surface area contributed by atoms with E-state index in [-0.39, 0.29) is 0 Å². The molecule has 2 aromatic heterocycles. The van der Waals surface area contributed by atoms with Crippen LogP contribution >= 0.6 is 0 Å². The van der Waals surface area contributed by atoms with Gasteiger partial charge in [0.05, 0.1) is 6.20 Å². The molecule has 0 aliphatic carbocycles. The van der Waals surface area contributed by atoms with E-state index >= 15 is 0 Å². The average molecular weight is 179 g/mol.